The number of morpholine rings is 1. The maximum absolute atomic E-state index is 10.8. The predicted molar refractivity (Wildman–Crippen MR) is 44.6 cm³/mol. The van der Waals surface area contributed by atoms with Crippen LogP contribution in [0, 0.1) is 0 Å². The zero-order chi connectivity index (χ0) is 7.90. The van der Waals surface area contributed by atoms with Crippen LogP contribution in [0.25, 0.3) is 0 Å². The number of ether oxygens (including phenoxy) is 1. The van der Waals surface area contributed by atoms with Gasteiger partial charge in [-0.25, -0.2) is 0 Å². The minimum absolute atomic E-state index is 0. The van der Waals surface area contributed by atoms with Gasteiger partial charge >= 0.3 is 5.97 Å². The van der Waals surface area contributed by atoms with Crippen molar-refractivity contribution in [3.05, 3.63) is 0 Å². The van der Waals surface area contributed by atoms with E-state index < -0.39 is 11.5 Å². The Balaban J connectivity index is 0.000000720. The van der Waals surface area contributed by atoms with Gasteiger partial charge in [-0.1, -0.05) is 0 Å². The maximum atomic E-state index is 10.8. The lowest BCUT2D eigenvalue weighted by Gasteiger charge is -2.44. The van der Waals surface area contributed by atoms with Crippen molar-refractivity contribution in [3.63, 3.8) is 0 Å². The monoisotopic (exact) mass is 193 g/mol. The molecule has 3 saturated heterocycles. The topological polar surface area (TPSA) is 58.6 Å². The van der Waals surface area contributed by atoms with Gasteiger partial charge in [0.15, 0.2) is 0 Å². The lowest BCUT2D eigenvalue weighted by Crippen LogP contribution is -2.65. The van der Waals surface area contributed by atoms with Crippen LogP contribution >= 0.6 is 12.4 Å². The van der Waals surface area contributed by atoms with E-state index in [1.807, 2.05) is 0 Å². The zero-order valence-corrected chi connectivity index (χ0v) is 7.39. The molecule has 0 aromatic rings. The molecule has 0 aromatic heterocycles. The fraction of sp³-hybridized carbons (Fsp3) is 0.857. The van der Waals surface area contributed by atoms with Crippen LogP contribution in [0.3, 0.4) is 0 Å². The highest BCUT2D eigenvalue weighted by Crippen LogP contribution is 2.27. The summed E-state index contributed by atoms with van der Waals surface area (Å²) < 4.78 is 5.30. The standard InChI is InChI=1S/C7H11NO3.ClH/c9-6(10)7-2-1-5(3-8-7)11-4-7;/h5,8H,1-4H2,(H,9,10);1H. The van der Waals surface area contributed by atoms with Crippen molar-refractivity contribution >= 4 is 18.4 Å². The lowest BCUT2D eigenvalue weighted by atomic mass is 9.86. The molecule has 70 valence electrons. The van der Waals surface area contributed by atoms with Gasteiger partial charge in [-0.05, 0) is 12.8 Å². The van der Waals surface area contributed by atoms with Crippen molar-refractivity contribution in [1.82, 2.24) is 5.32 Å². The number of hydrogen-bond acceptors (Lipinski definition) is 3. The number of halogens is 1. The second-order valence-electron chi connectivity index (χ2n) is 3.24. The van der Waals surface area contributed by atoms with E-state index in [2.05, 4.69) is 5.32 Å². The van der Waals surface area contributed by atoms with Gasteiger partial charge in [0.25, 0.3) is 0 Å². The van der Waals surface area contributed by atoms with Crippen molar-refractivity contribution in [1.29, 1.82) is 0 Å². The molecule has 0 spiro atoms. The van der Waals surface area contributed by atoms with Crippen LogP contribution in [0.1, 0.15) is 12.8 Å². The van der Waals surface area contributed by atoms with E-state index in [1.165, 1.54) is 0 Å². The molecule has 0 saturated carbocycles. The molecule has 12 heavy (non-hydrogen) atoms. The first-order chi connectivity index (χ1) is 5.23. The molecule has 2 atom stereocenters. The number of carbonyl (C=O) groups is 1. The van der Waals surface area contributed by atoms with Crippen LogP contribution < -0.4 is 5.32 Å². The molecule has 2 unspecified atom stereocenters. The maximum Gasteiger partial charge on any atom is 0.326 e. The van der Waals surface area contributed by atoms with Gasteiger partial charge in [0.05, 0.1) is 12.7 Å². The van der Waals surface area contributed by atoms with Gasteiger partial charge in [-0.2, -0.15) is 0 Å². The normalized spacial score (nSPS) is 38.8. The Morgan fingerprint density at radius 2 is 2.42 bits per heavy atom. The highest BCUT2D eigenvalue weighted by atomic mass is 35.5. The van der Waals surface area contributed by atoms with E-state index in [9.17, 15) is 4.79 Å². The van der Waals surface area contributed by atoms with Gasteiger partial charge in [0.2, 0.25) is 0 Å². The van der Waals surface area contributed by atoms with Crippen LogP contribution in [-0.2, 0) is 9.53 Å². The van der Waals surface area contributed by atoms with Gasteiger partial charge in [-0.3, -0.25) is 10.1 Å². The fourth-order valence-corrected chi connectivity index (χ4v) is 1.68. The molecule has 3 fully saturated rings. The van der Waals surface area contributed by atoms with Crippen LogP contribution in [0.15, 0.2) is 0 Å². The number of hydrogen-bond donors (Lipinski definition) is 2. The molecular weight excluding hydrogens is 182 g/mol. The number of carboxylic acid groups (broad SMARTS) is 1. The minimum Gasteiger partial charge on any atom is -0.480 e. The van der Waals surface area contributed by atoms with Gasteiger partial charge in [-0.15, -0.1) is 12.4 Å². The van der Waals surface area contributed by atoms with Crippen molar-refractivity contribution < 1.29 is 14.6 Å². The lowest BCUT2D eigenvalue weighted by molar-refractivity contribution is -0.161. The summed E-state index contributed by atoms with van der Waals surface area (Å²) in [7, 11) is 0. The summed E-state index contributed by atoms with van der Waals surface area (Å²) >= 11 is 0. The molecule has 4 nitrogen and oxygen atoms in total. The van der Waals surface area contributed by atoms with Crippen molar-refractivity contribution in [2.45, 2.75) is 24.5 Å². The number of fused-ring (bicyclic) bond motifs is 3. The first-order valence-corrected chi connectivity index (χ1v) is 3.83. The van der Waals surface area contributed by atoms with E-state index in [1.54, 1.807) is 0 Å². The summed E-state index contributed by atoms with van der Waals surface area (Å²) in [6.45, 7) is 1.01. The molecule has 0 amide bonds. The molecule has 3 aliphatic rings. The first kappa shape index (κ1) is 9.77. The van der Waals surface area contributed by atoms with E-state index in [0.29, 0.717) is 19.6 Å². The van der Waals surface area contributed by atoms with E-state index >= 15 is 0 Å². The Labute approximate surface area is 76.7 Å². The van der Waals surface area contributed by atoms with Crippen LogP contribution in [-0.4, -0.2) is 35.9 Å². The summed E-state index contributed by atoms with van der Waals surface area (Å²) in [6, 6.07) is 0. The Hall–Kier alpha value is -0.320. The van der Waals surface area contributed by atoms with Crippen molar-refractivity contribution in [3.8, 4) is 0 Å². The van der Waals surface area contributed by atoms with E-state index in [0.717, 1.165) is 6.42 Å². The average Bonchev–Trinajstić information content (AvgIpc) is 2.08. The Morgan fingerprint density at radius 1 is 1.67 bits per heavy atom. The fourth-order valence-electron chi connectivity index (χ4n) is 1.68. The third-order valence-electron chi connectivity index (χ3n) is 2.54. The molecule has 0 radical (unpaired) electrons. The molecule has 0 aromatic carbocycles. The number of aliphatic carboxylic acids is 1. The van der Waals surface area contributed by atoms with Crippen LogP contribution in [0.4, 0.5) is 0 Å². The Kier molecular flexibility index (Phi) is 2.61. The molecule has 3 rings (SSSR count). The molecule has 2 N–H and O–H groups in total. The molecule has 3 heterocycles. The Morgan fingerprint density at radius 3 is 2.67 bits per heavy atom. The third kappa shape index (κ3) is 1.30. The highest BCUT2D eigenvalue weighted by Gasteiger charge is 2.46. The minimum atomic E-state index is -0.782. The average molecular weight is 194 g/mol. The number of rotatable bonds is 1. The van der Waals surface area contributed by atoms with Gasteiger partial charge in [0.1, 0.15) is 5.54 Å². The second-order valence-corrected chi connectivity index (χ2v) is 3.24. The molecule has 0 aliphatic carbocycles. The summed E-state index contributed by atoms with van der Waals surface area (Å²) in [6.07, 6.45) is 1.82. The summed E-state index contributed by atoms with van der Waals surface area (Å²) in [5.41, 5.74) is -0.769. The largest absolute Gasteiger partial charge is 0.480 e. The predicted octanol–water partition coefficient (Wildman–Crippen LogP) is 0.0138. The van der Waals surface area contributed by atoms with Crippen molar-refractivity contribution in [2.75, 3.05) is 13.2 Å². The quantitative estimate of drug-likeness (QED) is 0.616. The van der Waals surface area contributed by atoms with Gasteiger partial charge < -0.3 is 9.84 Å². The molecule has 2 bridgehead atoms. The smallest absolute Gasteiger partial charge is 0.326 e. The first-order valence-electron chi connectivity index (χ1n) is 3.83. The number of nitrogens with one attached hydrogen (secondary N) is 1. The molecule has 5 heteroatoms. The van der Waals surface area contributed by atoms with E-state index in [4.69, 9.17) is 9.84 Å². The van der Waals surface area contributed by atoms with Crippen LogP contribution in [0.5, 0.6) is 0 Å². The van der Waals surface area contributed by atoms with Gasteiger partial charge in [0, 0.05) is 6.54 Å². The number of carboxylic acids is 1. The SMILES string of the molecule is Cl.O=C(O)C12CCC(CN1)OC2. The number of piperidine rings is 1. The zero-order valence-electron chi connectivity index (χ0n) is 6.58. The molecule has 3 aliphatic heterocycles. The van der Waals surface area contributed by atoms with Crippen LogP contribution in [0.2, 0.25) is 0 Å². The molecular formula is C7H12ClNO3. The summed E-state index contributed by atoms with van der Waals surface area (Å²) in [4.78, 5) is 10.8. The highest BCUT2D eigenvalue weighted by molar-refractivity contribution is 5.85. The van der Waals surface area contributed by atoms with E-state index in [-0.39, 0.29) is 18.5 Å². The second kappa shape index (κ2) is 3.20. The van der Waals surface area contributed by atoms with Crippen molar-refractivity contribution in [2.24, 2.45) is 0 Å². The summed E-state index contributed by atoms with van der Waals surface area (Å²) in [5.74, 6) is -0.782. The third-order valence-corrected chi connectivity index (χ3v) is 2.54. The summed E-state index contributed by atoms with van der Waals surface area (Å²) in [5, 5.41) is 11.9. The Bertz CT molecular complexity index is 175.